The predicted molar refractivity (Wildman–Crippen MR) is 75.1 cm³/mol. The summed E-state index contributed by atoms with van der Waals surface area (Å²) in [6.45, 7) is 10.6. The molecule has 1 rings (SSSR count). The summed E-state index contributed by atoms with van der Waals surface area (Å²) in [5, 5.41) is 6.88. The van der Waals surface area contributed by atoms with Crippen molar-refractivity contribution in [1.82, 2.24) is 5.32 Å². The molecule has 0 unspecified atom stereocenters. The Kier molecular flexibility index (Phi) is 4.81. The second-order valence-electron chi connectivity index (χ2n) is 5.06. The molecule has 0 aliphatic carbocycles. The summed E-state index contributed by atoms with van der Waals surface area (Å²) in [4.78, 5) is 0. The van der Waals surface area contributed by atoms with E-state index in [4.69, 9.17) is 0 Å². The normalized spacial score (nSPS) is 11.6. The van der Waals surface area contributed by atoms with Crippen LogP contribution in [0.1, 0.15) is 26.3 Å². The van der Waals surface area contributed by atoms with Crippen molar-refractivity contribution in [3.05, 3.63) is 28.2 Å². The summed E-state index contributed by atoms with van der Waals surface area (Å²) in [5.41, 5.74) is 2.67. The van der Waals surface area contributed by atoms with Gasteiger partial charge in [-0.15, -0.1) is 0 Å². The lowest BCUT2D eigenvalue weighted by Crippen LogP contribution is -2.38. The van der Waals surface area contributed by atoms with Crippen molar-refractivity contribution in [3.8, 4) is 0 Å². The summed E-state index contributed by atoms with van der Waals surface area (Å²) in [7, 11) is 0. The molecule has 0 amide bonds. The lowest BCUT2D eigenvalue weighted by atomic mass is 10.1. The van der Waals surface area contributed by atoms with E-state index in [9.17, 15) is 0 Å². The van der Waals surface area contributed by atoms with E-state index >= 15 is 0 Å². The molecule has 0 bridgehead atoms. The van der Waals surface area contributed by atoms with Gasteiger partial charge in [-0.05, 0) is 51.5 Å². The number of benzene rings is 1. The second-order valence-corrected chi connectivity index (χ2v) is 5.98. The Hall–Kier alpha value is -0.540. The Bertz CT molecular complexity index is 342. The number of hydrogen-bond donors (Lipinski definition) is 2. The minimum absolute atomic E-state index is 0.191. The van der Waals surface area contributed by atoms with Crippen LogP contribution in [0.4, 0.5) is 5.69 Å². The monoisotopic (exact) mass is 284 g/mol. The zero-order chi connectivity index (χ0) is 12.2. The molecular weight excluding hydrogens is 264 g/mol. The average molecular weight is 285 g/mol. The maximum Gasteiger partial charge on any atom is 0.0371 e. The van der Waals surface area contributed by atoms with Gasteiger partial charge in [-0.2, -0.15) is 0 Å². The molecule has 0 aliphatic rings. The van der Waals surface area contributed by atoms with Crippen LogP contribution in [0.2, 0.25) is 0 Å². The number of hydrogen-bond acceptors (Lipinski definition) is 2. The highest BCUT2D eigenvalue weighted by atomic mass is 79.9. The van der Waals surface area contributed by atoms with E-state index < -0.39 is 0 Å². The molecule has 0 radical (unpaired) electrons. The summed E-state index contributed by atoms with van der Waals surface area (Å²) in [6.07, 6.45) is 0. The molecule has 0 atom stereocenters. The first-order valence-electron chi connectivity index (χ1n) is 5.63. The van der Waals surface area contributed by atoms with E-state index in [1.807, 2.05) is 0 Å². The van der Waals surface area contributed by atoms with Gasteiger partial charge >= 0.3 is 0 Å². The first-order chi connectivity index (χ1) is 7.38. The predicted octanol–water partition coefficient (Wildman–Crippen LogP) is 3.56. The first-order valence-corrected chi connectivity index (χ1v) is 6.43. The van der Waals surface area contributed by atoms with Gasteiger partial charge in [0.05, 0.1) is 0 Å². The van der Waals surface area contributed by atoms with Crippen molar-refractivity contribution in [2.75, 3.05) is 18.4 Å². The van der Waals surface area contributed by atoms with E-state index in [0.29, 0.717) is 0 Å². The third kappa shape index (κ3) is 4.99. The van der Waals surface area contributed by atoms with E-state index in [2.05, 4.69) is 72.5 Å². The fraction of sp³-hybridized carbons (Fsp3) is 0.538. The highest BCUT2D eigenvalue weighted by Gasteiger charge is 2.07. The number of nitrogens with one attached hydrogen (secondary N) is 2. The molecule has 0 aromatic heterocycles. The Labute approximate surface area is 107 Å². The fourth-order valence-corrected chi connectivity index (χ4v) is 1.94. The molecule has 0 saturated carbocycles. The molecule has 0 aliphatic heterocycles. The van der Waals surface area contributed by atoms with Crippen LogP contribution in [0, 0.1) is 6.92 Å². The van der Waals surface area contributed by atoms with Gasteiger partial charge in [0.2, 0.25) is 0 Å². The van der Waals surface area contributed by atoms with Crippen molar-refractivity contribution >= 4 is 21.6 Å². The third-order valence-electron chi connectivity index (χ3n) is 2.28. The molecular formula is C13H21BrN2. The molecule has 3 heteroatoms. The van der Waals surface area contributed by atoms with Gasteiger partial charge in [0, 0.05) is 28.8 Å². The van der Waals surface area contributed by atoms with Gasteiger partial charge in [-0.3, -0.25) is 0 Å². The minimum atomic E-state index is 0.191. The van der Waals surface area contributed by atoms with Crippen molar-refractivity contribution in [1.29, 1.82) is 0 Å². The van der Waals surface area contributed by atoms with E-state index in [1.165, 1.54) is 11.3 Å². The highest BCUT2D eigenvalue weighted by molar-refractivity contribution is 9.10. The molecule has 0 saturated heterocycles. The molecule has 0 heterocycles. The average Bonchev–Trinajstić information content (AvgIpc) is 2.13. The Balaban J connectivity index is 2.38. The maximum atomic E-state index is 3.46. The van der Waals surface area contributed by atoms with E-state index in [1.54, 1.807) is 0 Å². The van der Waals surface area contributed by atoms with Crippen LogP contribution < -0.4 is 10.6 Å². The molecule has 90 valence electrons. The second kappa shape index (κ2) is 5.69. The van der Waals surface area contributed by atoms with Gasteiger partial charge in [0.15, 0.2) is 0 Å². The molecule has 0 fully saturated rings. The maximum absolute atomic E-state index is 3.46. The molecule has 2 nitrogen and oxygen atoms in total. The third-order valence-corrected chi connectivity index (χ3v) is 2.78. The van der Waals surface area contributed by atoms with Gasteiger partial charge in [0.25, 0.3) is 0 Å². The summed E-state index contributed by atoms with van der Waals surface area (Å²) >= 11 is 3.46. The van der Waals surface area contributed by atoms with Gasteiger partial charge < -0.3 is 10.6 Å². The quantitative estimate of drug-likeness (QED) is 0.827. The standard InChI is InChI=1S/C13H21BrN2/c1-10-9-11(14)5-6-12(10)15-7-8-16-13(2,3)4/h5-6,9,15-16H,7-8H2,1-4H3. The van der Waals surface area contributed by atoms with Crippen LogP contribution >= 0.6 is 15.9 Å². The van der Waals surface area contributed by atoms with Crippen LogP contribution in [0.15, 0.2) is 22.7 Å². The summed E-state index contributed by atoms with van der Waals surface area (Å²) in [6, 6.07) is 6.29. The number of halogens is 1. The molecule has 0 spiro atoms. The van der Waals surface area contributed by atoms with Crippen LogP contribution in [-0.2, 0) is 0 Å². The van der Waals surface area contributed by atoms with E-state index in [0.717, 1.165) is 17.6 Å². The van der Waals surface area contributed by atoms with E-state index in [-0.39, 0.29) is 5.54 Å². The van der Waals surface area contributed by atoms with Crippen molar-refractivity contribution in [2.45, 2.75) is 33.2 Å². The largest absolute Gasteiger partial charge is 0.384 e. The molecule has 1 aromatic carbocycles. The van der Waals surface area contributed by atoms with Crippen molar-refractivity contribution < 1.29 is 0 Å². The smallest absolute Gasteiger partial charge is 0.0371 e. The SMILES string of the molecule is Cc1cc(Br)ccc1NCCNC(C)(C)C. The fourth-order valence-electron chi connectivity index (χ4n) is 1.46. The van der Waals surface area contributed by atoms with Crippen LogP contribution in [-0.4, -0.2) is 18.6 Å². The number of anilines is 1. The zero-order valence-corrected chi connectivity index (χ0v) is 12.1. The molecule has 2 N–H and O–H groups in total. The highest BCUT2D eigenvalue weighted by Crippen LogP contribution is 2.19. The number of aryl methyl sites for hydroxylation is 1. The lowest BCUT2D eigenvalue weighted by molar-refractivity contribution is 0.435. The Morgan fingerprint density at radius 3 is 2.44 bits per heavy atom. The minimum Gasteiger partial charge on any atom is -0.384 e. The Morgan fingerprint density at radius 2 is 1.88 bits per heavy atom. The van der Waals surface area contributed by atoms with Crippen LogP contribution in [0.5, 0.6) is 0 Å². The van der Waals surface area contributed by atoms with Gasteiger partial charge in [-0.1, -0.05) is 15.9 Å². The molecule has 1 aromatic rings. The Morgan fingerprint density at radius 1 is 1.19 bits per heavy atom. The topological polar surface area (TPSA) is 24.1 Å². The zero-order valence-electron chi connectivity index (χ0n) is 10.5. The molecule has 16 heavy (non-hydrogen) atoms. The number of rotatable bonds is 4. The van der Waals surface area contributed by atoms with Crippen LogP contribution in [0.3, 0.4) is 0 Å². The lowest BCUT2D eigenvalue weighted by Gasteiger charge is -2.21. The summed E-state index contributed by atoms with van der Waals surface area (Å²) < 4.78 is 1.13. The first kappa shape index (κ1) is 13.5. The van der Waals surface area contributed by atoms with Crippen molar-refractivity contribution in [3.63, 3.8) is 0 Å². The van der Waals surface area contributed by atoms with Crippen molar-refractivity contribution in [2.24, 2.45) is 0 Å². The van der Waals surface area contributed by atoms with Crippen LogP contribution in [0.25, 0.3) is 0 Å². The summed E-state index contributed by atoms with van der Waals surface area (Å²) in [5.74, 6) is 0. The van der Waals surface area contributed by atoms with Gasteiger partial charge in [-0.25, -0.2) is 0 Å². The van der Waals surface area contributed by atoms with Gasteiger partial charge in [0.1, 0.15) is 0 Å².